The van der Waals surface area contributed by atoms with Crippen molar-refractivity contribution >= 4 is 15.6 Å². The zero-order valence-electron chi connectivity index (χ0n) is 12.5. The predicted octanol–water partition coefficient (Wildman–Crippen LogP) is 3.18. The number of hydrogen-bond donors (Lipinski definition) is 0. The molecule has 0 aromatic heterocycles. The van der Waals surface area contributed by atoms with Gasteiger partial charge in [0.1, 0.15) is 13.2 Å². The van der Waals surface area contributed by atoms with Crippen LogP contribution in [0.3, 0.4) is 0 Å². The minimum absolute atomic E-state index is 0.0365. The maximum atomic E-state index is 5.97. The van der Waals surface area contributed by atoms with Crippen molar-refractivity contribution in [2.24, 2.45) is 5.92 Å². The van der Waals surface area contributed by atoms with Gasteiger partial charge in [0.05, 0.1) is 18.8 Å². The lowest BCUT2D eigenvalue weighted by atomic mass is 9.70. The molecule has 3 nitrogen and oxygen atoms in total. The molecule has 1 aliphatic heterocycles. The molecule has 1 saturated carbocycles. The second-order valence-electron chi connectivity index (χ2n) is 6.28. The maximum Gasteiger partial charge on any atom is 0.148 e. The predicted molar refractivity (Wildman–Crippen MR) is 82.2 cm³/mol. The zero-order chi connectivity index (χ0) is 14.2. The van der Waals surface area contributed by atoms with Gasteiger partial charge >= 0.3 is 0 Å². The average Bonchev–Trinajstić information content (AvgIpc) is 3.21. The number of hydrogen-bond acceptors (Lipinski definition) is 3. The van der Waals surface area contributed by atoms with E-state index in [9.17, 15) is 0 Å². The number of methoxy groups -OCH3 is 1. The lowest BCUT2D eigenvalue weighted by molar-refractivity contribution is -0.0716. The average molecular weight is 294 g/mol. The Hall–Kier alpha value is 0.115. The van der Waals surface area contributed by atoms with Gasteiger partial charge in [-0.25, -0.2) is 0 Å². The van der Waals surface area contributed by atoms with Crippen molar-refractivity contribution in [1.82, 2.24) is 0 Å². The normalized spacial score (nSPS) is 42.3. The van der Waals surface area contributed by atoms with Gasteiger partial charge in [-0.05, 0) is 53.2 Å². The highest BCUT2D eigenvalue weighted by atomic mass is 31.1. The Morgan fingerprint density at radius 2 is 2.25 bits per heavy atom. The molecule has 0 amide bonds. The van der Waals surface area contributed by atoms with E-state index in [1.54, 1.807) is 7.11 Å². The van der Waals surface area contributed by atoms with Crippen molar-refractivity contribution in [2.45, 2.75) is 56.3 Å². The zero-order valence-corrected chi connectivity index (χ0v) is 13.4. The Morgan fingerprint density at radius 1 is 1.45 bits per heavy atom. The monoisotopic (exact) mass is 294 g/mol. The van der Waals surface area contributed by atoms with Crippen molar-refractivity contribution < 1.29 is 14.0 Å². The largest absolute Gasteiger partial charge is 0.378 e. The summed E-state index contributed by atoms with van der Waals surface area (Å²) in [5.41, 5.74) is 1.57. The van der Waals surface area contributed by atoms with Crippen LogP contribution in [0.2, 0.25) is 0 Å². The van der Waals surface area contributed by atoms with E-state index in [4.69, 9.17) is 21.6 Å². The van der Waals surface area contributed by atoms with E-state index in [2.05, 4.69) is 6.08 Å². The molecule has 0 bridgehead atoms. The molecule has 2 radical (unpaired) electrons. The van der Waals surface area contributed by atoms with Crippen LogP contribution in [-0.2, 0) is 14.0 Å². The van der Waals surface area contributed by atoms with Gasteiger partial charge in [0.15, 0.2) is 0 Å². The molecule has 5 heteroatoms. The van der Waals surface area contributed by atoms with Crippen LogP contribution < -0.4 is 0 Å². The van der Waals surface area contributed by atoms with Gasteiger partial charge in [-0.1, -0.05) is 11.6 Å². The van der Waals surface area contributed by atoms with Crippen LogP contribution in [0.5, 0.6) is 0 Å². The van der Waals surface area contributed by atoms with Crippen LogP contribution in [0.1, 0.15) is 38.5 Å². The molecular weight excluding hydrogens is 270 g/mol. The molecule has 3 rings (SSSR count). The second-order valence-corrected chi connectivity index (χ2v) is 7.59. The fourth-order valence-electron chi connectivity index (χ4n) is 3.95. The summed E-state index contributed by atoms with van der Waals surface area (Å²) < 4.78 is 17.7. The summed E-state index contributed by atoms with van der Waals surface area (Å²) in [4.78, 5) is 0. The molecule has 1 saturated heterocycles. The fourth-order valence-corrected chi connectivity index (χ4v) is 4.60. The van der Waals surface area contributed by atoms with Gasteiger partial charge in [0.2, 0.25) is 0 Å². The van der Waals surface area contributed by atoms with Crippen molar-refractivity contribution in [3.8, 4) is 0 Å². The summed E-state index contributed by atoms with van der Waals surface area (Å²) >= 11 is 0. The lowest BCUT2D eigenvalue weighted by Crippen LogP contribution is -2.49. The fraction of sp³-hybridized carbons (Fsp3) is 0.867. The summed E-state index contributed by atoms with van der Waals surface area (Å²) in [6.07, 6.45) is 9.67. The number of ether oxygens (including phenoxy) is 2. The van der Waals surface area contributed by atoms with Gasteiger partial charge < -0.3 is 14.0 Å². The van der Waals surface area contributed by atoms with E-state index in [-0.39, 0.29) is 17.8 Å². The van der Waals surface area contributed by atoms with Crippen LogP contribution >= 0.6 is 8.03 Å². The standard InChI is InChI=1S/C15H24BO3P/c1-17-14-12(19-20(2)16)8-9-15(10-18-15)13(14)11-6-4-3-5-7-11/h6,12-14H,3-5,7-10H2,1-2H3/t12-,13+,14-,15+,20?/m1/s1. The van der Waals surface area contributed by atoms with Crippen LogP contribution in [0.25, 0.3) is 0 Å². The summed E-state index contributed by atoms with van der Waals surface area (Å²) in [6, 6.07) is 0. The van der Waals surface area contributed by atoms with Gasteiger partial charge in [-0.15, -0.1) is 0 Å². The first-order chi connectivity index (χ1) is 9.66. The van der Waals surface area contributed by atoms with Crippen molar-refractivity contribution in [3.63, 3.8) is 0 Å². The highest BCUT2D eigenvalue weighted by Gasteiger charge is 2.59. The minimum Gasteiger partial charge on any atom is -0.378 e. The van der Waals surface area contributed by atoms with E-state index in [1.807, 2.05) is 6.66 Å². The van der Waals surface area contributed by atoms with E-state index in [0.29, 0.717) is 5.92 Å². The molecular formula is C15H24BO3P. The molecule has 1 unspecified atom stereocenters. The van der Waals surface area contributed by atoms with Crippen molar-refractivity contribution in [2.75, 3.05) is 20.4 Å². The quantitative estimate of drug-likeness (QED) is 0.345. The van der Waals surface area contributed by atoms with Crippen LogP contribution in [0.15, 0.2) is 11.6 Å². The first-order valence-corrected chi connectivity index (χ1v) is 9.45. The maximum absolute atomic E-state index is 5.97. The SMILES string of the molecule is [B]P(C)O[C@@H]1CC[C@]2(CO2)[C@@H](C2=CCCCC2)[C@@H]1OC. The third-order valence-corrected chi connectivity index (χ3v) is 5.53. The Bertz CT molecular complexity index is 381. The molecule has 0 N–H and O–H groups in total. The Kier molecular flexibility index (Phi) is 4.57. The molecule has 2 aliphatic carbocycles. The molecule has 0 aromatic carbocycles. The number of allylic oxidation sites excluding steroid dienone is 1. The molecule has 2 fully saturated rings. The number of epoxide rings is 1. The first kappa shape index (κ1) is 15.0. The molecule has 1 heterocycles. The van der Waals surface area contributed by atoms with E-state index >= 15 is 0 Å². The molecule has 110 valence electrons. The Balaban J connectivity index is 1.83. The molecule has 0 aromatic rings. The highest BCUT2D eigenvalue weighted by Crippen LogP contribution is 2.53. The van der Waals surface area contributed by atoms with Gasteiger partial charge in [0, 0.05) is 13.0 Å². The van der Waals surface area contributed by atoms with Crippen LogP contribution in [0.4, 0.5) is 0 Å². The smallest absolute Gasteiger partial charge is 0.148 e. The van der Waals surface area contributed by atoms with E-state index in [0.717, 1.165) is 19.4 Å². The summed E-state index contributed by atoms with van der Waals surface area (Å²) in [5, 5.41) is 0. The highest BCUT2D eigenvalue weighted by molar-refractivity contribution is 7.77. The second kappa shape index (κ2) is 6.08. The van der Waals surface area contributed by atoms with Crippen LogP contribution in [-0.4, -0.2) is 45.8 Å². The van der Waals surface area contributed by atoms with Gasteiger partial charge in [-0.2, -0.15) is 0 Å². The Morgan fingerprint density at radius 3 is 2.80 bits per heavy atom. The van der Waals surface area contributed by atoms with E-state index in [1.165, 1.54) is 31.3 Å². The third-order valence-electron chi connectivity index (χ3n) is 4.93. The van der Waals surface area contributed by atoms with Crippen LogP contribution in [0, 0.1) is 5.92 Å². The van der Waals surface area contributed by atoms with Gasteiger partial charge in [-0.3, -0.25) is 0 Å². The van der Waals surface area contributed by atoms with E-state index < -0.39 is 8.03 Å². The first-order valence-electron chi connectivity index (χ1n) is 7.67. The molecule has 5 atom stereocenters. The van der Waals surface area contributed by atoms with Crippen molar-refractivity contribution in [3.05, 3.63) is 11.6 Å². The molecule has 20 heavy (non-hydrogen) atoms. The summed E-state index contributed by atoms with van der Waals surface area (Å²) in [6.45, 7) is 2.83. The summed E-state index contributed by atoms with van der Waals surface area (Å²) in [5.74, 6) is 0.362. The topological polar surface area (TPSA) is 31.0 Å². The van der Waals surface area contributed by atoms with Crippen molar-refractivity contribution in [1.29, 1.82) is 0 Å². The number of rotatable bonds is 4. The summed E-state index contributed by atoms with van der Waals surface area (Å²) in [7, 11) is 6.84. The molecule has 1 spiro atoms. The van der Waals surface area contributed by atoms with Gasteiger partial charge in [0.25, 0.3) is 0 Å². The third kappa shape index (κ3) is 2.85. The lowest BCUT2D eigenvalue weighted by Gasteiger charge is -2.43. The molecule has 3 aliphatic rings. The minimum atomic E-state index is -0.843. The Labute approximate surface area is 124 Å².